The summed E-state index contributed by atoms with van der Waals surface area (Å²) < 4.78 is 7.85. The fraction of sp³-hybridized carbons (Fsp3) is 0.238. The van der Waals surface area contributed by atoms with Crippen molar-refractivity contribution >= 4 is 27.8 Å². The SMILES string of the molecule is Cc1nn(CC(=O)N[C@@H](C)Cn2c(=O)oc3ccccc32)c(=O)c2ccccc12. The molecule has 0 bridgehead atoms. The molecule has 1 N–H and O–H groups in total. The van der Waals surface area contributed by atoms with Crippen LogP contribution in [0, 0.1) is 6.92 Å². The van der Waals surface area contributed by atoms with Crippen molar-refractivity contribution in [2.45, 2.75) is 33.0 Å². The maximum atomic E-state index is 12.6. The van der Waals surface area contributed by atoms with Crippen LogP contribution in [0.15, 0.2) is 62.5 Å². The Bertz CT molecular complexity index is 1330. The van der Waals surface area contributed by atoms with E-state index in [2.05, 4.69) is 10.4 Å². The predicted molar refractivity (Wildman–Crippen MR) is 109 cm³/mol. The minimum absolute atomic E-state index is 0.199. The van der Waals surface area contributed by atoms with Crippen LogP contribution in [0.25, 0.3) is 21.9 Å². The number of fused-ring (bicyclic) bond motifs is 2. The van der Waals surface area contributed by atoms with Gasteiger partial charge in [0.1, 0.15) is 6.54 Å². The topological polar surface area (TPSA) is 99.1 Å². The molecule has 4 rings (SSSR count). The van der Waals surface area contributed by atoms with Crippen molar-refractivity contribution in [3.05, 3.63) is 75.1 Å². The number of amides is 1. The Morgan fingerprint density at radius 2 is 1.79 bits per heavy atom. The lowest BCUT2D eigenvalue weighted by Crippen LogP contribution is -2.41. The molecule has 2 aromatic heterocycles. The number of nitrogens with one attached hydrogen (secondary N) is 1. The van der Waals surface area contributed by atoms with Crippen LogP contribution in [0.4, 0.5) is 0 Å². The molecular weight excluding hydrogens is 372 g/mol. The highest BCUT2D eigenvalue weighted by molar-refractivity contribution is 5.83. The van der Waals surface area contributed by atoms with E-state index in [4.69, 9.17) is 4.42 Å². The fourth-order valence-electron chi connectivity index (χ4n) is 3.47. The van der Waals surface area contributed by atoms with Gasteiger partial charge in [-0.2, -0.15) is 5.10 Å². The fourth-order valence-corrected chi connectivity index (χ4v) is 3.47. The zero-order chi connectivity index (χ0) is 20.5. The van der Waals surface area contributed by atoms with Gasteiger partial charge >= 0.3 is 5.76 Å². The molecule has 0 radical (unpaired) electrons. The average Bonchev–Trinajstić information content (AvgIpc) is 3.01. The second-order valence-corrected chi connectivity index (χ2v) is 7.01. The van der Waals surface area contributed by atoms with Crippen LogP contribution < -0.4 is 16.6 Å². The third-order valence-corrected chi connectivity index (χ3v) is 4.78. The molecule has 29 heavy (non-hydrogen) atoms. The van der Waals surface area contributed by atoms with E-state index in [1.807, 2.05) is 18.2 Å². The van der Waals surface area contributed by atoms with Gasteiger partial charge in [0, 0.05) is 18.0 Å². The van der Waals surface area contributed by atoms with Crippen LogP contribution in [0.3, 0.4) is 0 Å². The van der Waals surface area contributed by atoms with Crippen LogP contribution in [-0.2, 0) is 17.9 Å². The molecule has 0 saturated heterocycles. The van der Waals surface area contributed by atoms with Crippen molar-refractivity contribution in [3.63, 3.8) is 0 Å². The second kappa shape index (κ2) is 7.38. The molecule has 1 amide bonds. The van der Waals surface area contributed by atoms with E-state index in [1.165, 1.54) is 9.25 Å². The van der Waals surface area contributed by atoms with Crippen LogP contribution in [0.1, 0.15) is 12.6 Å². The van der Waals surface area contributed by atoms with Crippen molar-refractivity contribution < 1.29 is 9.21 Å². The molecule has 8 heteroatoms. The molecule has 0 aliphatic rings. The lowest BCUT2D eigenvalue weighted by molar-refractivity contribution is -0.122. The smallest absolute Gasteiger partial charge is 0.408 e. The first-order valence-corrected chi connectivity index (χ1v) is 9.28. The average molecular weight is 392 g/mol. The Kier molecular flexibility index (Phi) is 4.75. The summed E-state index contributed by atoms with van der Waals surface area (Å²) in [4.78, 5) is 37.2. The van der Waals surface area contributed by atoms with Crippen molar-refractivity contribution in [2.75, 3.05) is 0 Å². The Morgan fingerprint density at radius 1 is 1.10 bits per heavy atom. The predicted octanol–water partition coefficient (Wildman–Crippen LogP) is 1.82. The van der Waals surface area contributed by atoms with Crippen LogP contribution in [-0.4, -0.2) is 26.3 Å². The van der Waals surface area contributed by atoms with Crippen molar-refractivity contribution in [1.29, 1.82) is 0 Å². The van der Waals surface area contributed by atoms with Gasteiger partial charge in [-0.15, -0.1) is 0 Å². The number of nitrogens with zero attached hydrogens (tertiary/aromatic N) is 3. The Labute approximate surface area is 165 Å². The van der Waals surface area contributed by atoms with E-state index in [-0.39, 0.29) is 30.6 Å². The van der Waals surface area contributed by atoms with Crippen LogP contribution in [0.5, 0.6) is 0 Å². The van der Waals surface area contributed by atoms with E-state index in [9.17, 15) is 14.4 Å². The number of hydrogen-bond acceptors (Lipinski definition) is 5. The molecule has 0 aliphatic heterocycles. The molecule has 0 saturated carbocycles. The first-order valence-electron chi connectivity index (χ1n) is 9.28. The standard InChI is InChI=1S/C21H20N4O4/c1-13(11-24-17-9-5-6-10-18(17)29-21(24)28)22-19(26)12-25-20(27)16-8-4-3-7-15(16)14(2)23-25/h3-10,13H,11-12H2,1-2H3,(H,22,26)/t13-/m0/s1. The van der Waals surface area contributed by atoms with Gasteiger partial charge in [0.15, 0.2) is 5.58 Å². The molecule has 1 atom stereocenters. The Hall–Kier alpha value is -3.68. The summed E-state index contributed by atoms with van der Waals surface area (Å²) in [5.74, 6) is -0.835. The summed E-state index contributed by atoms with van der Waals surface area (Å²) in [6.07, 6.45) is 0. The quantitative estimate of drug-likeness (QED) is 0.559. The molecular formula is C21H20N4O4. The highest BCUT2D eigenvalue weighted by atomic mass is 16.4. The van der Waals surface area contributed by atoms with E-state index in [0.717, 1.165) is 5.39 Å². The van der Waals surface area contributed by atoms with E-state index < -0.39 is 5.76 Å². The number of benzene rings is 2. The molecule has 2 aromatic carbocycles. The molecule has 148 valence electrons. The summed E-state index contributed by atoms with van der Waals surface area (Å²) in [7, 11) is 0. The summed E-state index contributed by atoms with van der Waals surface area (Å²) in [6, 6.07) is 13.9. The summed E-state index contributed by atoms with van der Waals surface area (Å²) in [5.41, 5.74) is 1.53. The van der Waals surface area contributed by atoms with Crippen molar-refractivity contribution in [3.8, 4) is 0 Å². The maximum Gasteiger partial charge on any atom is 0.420 e. The van der Waals surface area contributed by atoms with Gasteiger partial charge in [0.05, 0.1) is 16.6 Å². The number of carbonyl (C=O) groups is 1. The van der Waals surface area contributed by atoms with Gasteiger partial charge < -0.3 is 9.73 Å². The van der Waals surface area contributed by atoms with Crippen LogP contribution in [0.2, 0.25) is 0 Å². The summed E-state index contributed by atoms with van der Waals surface area (Å²) in [5, 5.41) is 8.36. The van der Waals surface area contributed by atoms with Gasteiger partial charge in [-0.25, -0.2) is 9.48 Å². The number of oxazole rings is 1. The van der Waals surface area contributed by atoms with Crippen molar-refractivity contribution in [2.24, 2.45) is 0 Å². The minimum atomic E-state index is -0.477. The number of rotatable bonds is 5. The molecule has 4 aromatic rings. The van der Waals surface area contributed by atoms with Gasteiger partial charge in [-0.05, 0) is 32.0 Å². The third kappa shape index (κ3) is 3.56. The lowest BCUT2D eigenvalue weighted by atomic mass is 10.1. The van der Waals surface area contributed by atoms with Gasteiger partial charge in [-0.3, -0.25) is 14.2 Å². The normalized spacial score (nSPS) is 12.3. The zero-order valence-corrected chi connectivity index (χ0v) is 16.1. The minimum Gasteiger partial charge on any atom is -0.408 e. The zero-order valence-electron chi connectivity index (χ0n) is 16.1. The van der Waals surface area contributed by atoms with Crippen LogP contribution >= 0.6 is 0 Å². The summed E-state index contributed by atoms with van der Waals surface area (Å²) in [6.45, 7) is 3.64. The van der Waals surface area contributed by atoms with Gasteiger partial charge in [0.2, 0.25) is 5.91 Å². The first-order chi connectivity index (χ1) is 13.9. The molecule has 0 fully saturated rings. The number of carbonyl (C=O) groups excluding carboxylic acids is 1. The highest BCUT2D eigenvalue weighted by Gasteiger charge is 2.15. The number of hydrogen-bond donors (Lipinski definition) is 1. The Balaban J connectivity index is 1.51. The van der Waals surface area contributed by atoms with E-state index >= 15 is 0 Å². The van der Waals surface area contributed by atoms with Crippen molar-refractivity contribution in [1.82, 2.24) is 19.7 Å². The summed E-state index contributed by atoms with van der Waals surface area (Å²) >= 11 is 0. The molecule has 0 aliphatic carbocycles. The molecule has 2 heterocycles. The third-order valence-electron chi connectivity index (χ3n) is 4.78. The largest absolute Gasteiger partial charge is 0.420 e. The molecule has 0 spiro atoms. The monoisotopic (exact) mass is 392 g/mol. The maximum absolute atomic E-state index is 12.6. The number of para-hydroxylation sites is 2. The second-order valence-electron chi connectivity index (χ2n) is 7.01. The van der Waals surface area contributed by atoms with Gasteiger partial charge in [-0.1, -0.05) is 30.3 Å². The number of aryl methyl sites for hydroxylation is 1. The Morgan fingerprint density at radius 3 is 2.59 bits per heavy atom. The van der Waals surface area contributed by atoms with Gasteiger partial charge in [0.25, 0.3) is 5.56 Å². The van der Waals surface area contributed by atoms with E-state index in [1.54, 1.807) is 44.2 Å². The number of aromatic nitrogens is 3. The van der Waals surface area contributed by atoms with E-state index in [0.29, 0.717) is 22.2 Å². The highest BCUT2D eigenvalue weighted by Crippen LogP contribution is 2.13. The molecule has 0 unspecified atom stereocenters. The lowest BCUT2D eigenvalue weighted by Gasteiger charge is -2.15. The first kappa shape index (κ1) is 18.7. The molecule has 8 nitrogen and oxygen atoms in total.